The average Bonchev–Trinajstić information content (AvgIpc) is 3.37. The van der Waals surface area contributed by atoms with E-state index >= 15 is 0 Å². The van der Waals surface area contributed by atoms with Crippen LogP contribution in [0.15, 0.2) is 48.5 Å². The Morgan fingerprint density at radius 2 is 1.70 bits per heavy atom. The number of carbonyl (C=O) groups excluding carboxylic acids is 4. The Labute approximate surface area is 248 Å². The summed E-state index contributed by atoms with van der Waals surface area (Å²) in [4.78, 5) is 58.2. The Kier molecular flexibility index (Phi) is 8.93. The number of hydrogen-bond acceptors (Lipinski definition) is 5. The topological polar surface area (TPSA) is 90.5 Å². The van der Waals surface area contributed by atoms with E-state index in [1.165, 1.54) is 22.8 Å². The van der Waals surface area contributed by atoms with Gasteiger partial charge in [-0.05, 0) is 49.4 Å². The van der Waals surface area contributed by atoms with E-state index in [1.54, 1.807) is 9.80 Å². The maximum absolute atomic E-state index is 13.7. The van der Waals surface area contributed by atoms with Gasteiger partial charge < -0.3 is 19.4 Å². The number of likely N-dealkylation sites (tertiary alicyclic amines) is 1. The molecule has 2 unspecified atom stereocenters. The van der Waals surface area contributed by atoms with Gasteiger partial charge in [-0.1, -0.05) is 42.0 Å². The quantitative estimate of drug-likeness (QED) is 0.458. The van der Waals surface area contributed by atoms with E-state index in [-0.39, 0.29) is 49.4 Å². The van der Waals surface area contributed by atoms with Crippen molar-refractivity contribution in [1.82, 2.24) is 19.6 Å². The molecular formula is C31H35F3N4O5. The number of fused-ring (bicyclic) bond motifs is 1. The largest absolute Gasteiger partial charge is 0.444 e. The molecule has 230 valence electrons. The molecule has 9 nitrogen and oxygen atoms in total. The highest BCUT2D eigenvalue weighted by atomic mass is 19.4. The van der Waals surface area contributed by atoms with Gasteiger partial charge in [0.1, 0.15) is 19.3 Å². The predicted octanol–water partition coefficient (Wildman–Crippen LogP) is 3.98. The molecule has 4 amide bonds. The molecule has 12 heteroatoms. The minimum Gasteiger partial charge on any atom is -0.444 e. The Bertz CT molecular complexity index is 1370. The number of benzene rings is 2. The van der Waals surface area contributed by atoms with Gasteiger partial charge in [-0.2, -0.15) is 13.2 Å². The molecule has 2 atom stereocenters. The van der Waals surface area contributed by atoms with Gasteiger partial charge in [0.25, 0.3) is 0 Å². The van der Waals surface area contributed by atoms with Crippen molar-refractivity contribution in [3.8, 4) is 0 Å². The van der Waals surface area contributed by atoms with Crippen molar-refractivity contribution >= 4 is 23.8 Å². The standard InChI is InChI=1S/C31H35F3N4O5/c1-21-13-23(15-24(14-21)31(32,33)34)20-43-30(42)38-25(16-22-7-3-2-4-8-22)17-28(40)37-19-29(41)36(18-26(37)38)12-6-11-35-10-5-9-27(35)39/h2-4,7-8,13-15,25-26H,5-6,9-12,16-20H2,1H3. The molecule has 2 aromatic carbocycles. The molecule has 3 fully saturated rings. The summed E-state index contributed by atoms with van der Waals surface area (Å²) in [6.45, 7) is 2.61. The molecular weight excluding hydrogens is 565 g/mol. The zero-order valence-corrected chi connectivity index (χ0v) is 24.0. The second-order valence-corrected chi connectivity index (χ2v) is 11.4. The molecule has 0 spiro atoms. The lowest BCUT2D eigenvalue weighted by Gasteiger charge is -2.51. The van der Waals surface area contributed by atoms with Gasteiger partial charge >= 0.3 is 12.3 Å². The minimum atomic E-state index is -4.54. The summed E-state index contributed by atoms with van der Waals surface area (Å²) in [6, 6.07) is 12.3. The maximum Gasteiger partial charge on any atom is 0.416 e. The van der Waals surface area contributed by atoms with Crippen LogP contribution in [0, 0.1) is 6.92 Å². The lowest BCUT2D eigenvalue weighted by atomic mass is 9.96. The van der Waals surface area contributed by atoms with E-state index in [1.807, 2.05) is 30.3 Å². The molecule has 0 saturated carbocycles. The zero-order chi connectivity index (χ0) is 30.7. The first kappa shape index (κ1) is 30.4. The van der Waals surface area contributed by atoms with Crippen molar-refractivity contribution < 1.29 is 37.1 Å². The van der Waals surface area contributed by atoms with Crippen LogP contribution in [0.5, 0.6) is 0 Å². The molecule has 0 bridgehead atoms. The van der Waals surface area contributed by atoms with Crippen molar-refractivity contribution in [3.63, 3.8) is 0 Å². The highest BCUT2D eigenvalue weighted by molar-refractivity contribution is 5.88. The van der Waals surface area contributed by atoms with Crippen molar-refractivity contribution in [2.45, 2.75) is 64.0 Å². The summed E-state index contributed by atoms with van der Waals surface area (Å²) in [7, 11) is 0. The van der Waals surface area contributed by atoms with Crippen LogP contribution in [0.3, 0.4) is 0 Å². The number of amides is 4. The van der Waals surface area contributed by atoms with Crippen LogP contribution < -0.4 is 0 Å². The van der Waals surface area contributed by atoms with Crippen molar-refractivity contribution in [2.75, 3.05) is 32.7 Å². The van der Waals surface area contributed by atoms with Gasteiger partial charge in [-0.3, -0.25) is 19.3 Å². The van der Waals surface area contributed by atoms with Crippen LogP contribution in [-0.4, -0.2) is 88.3 Å². The molecule has 3 saturated heterocycles. The number of ether oxygens (including phenoxy) is 1. The molecule has 0 aromatic heterocycles. The van der Waals surface area contributed by atoms with Gasteiger partial charge in [0, 0.05) is 38.5 Å². The van der Waals surface area contributed by atoms with Gasteiger partial charge in [-0.15, -0.1) is 0 Å². The molecule has 3 heterocycles. The average molecular weight is 601 g/mol. The predicted molar refractivity (Wildman–Crippen MR) is 149 cm³/mol. The minimum absolute atomic E-state index is 0.0203. The van der Waals surface area contributed by atoms with Crippen molar-refractivity contribution in [1.29, 1.82) is 0 Å². The monoisotopic (exact) mass is 600 g/mol. The van der Waals surface area contributed by atoms with E-state index in [0.717, 1.165) is 24.1 Å². The Morgan fingerprint density at radius 1 is 0.953 bits per heavy atom. The normalized spacial score (nSPS) is 21.0. The van der Waals surface area contributed by atoms with Crippen LogP contribution >= 0.6 is 0 Å². The summed E-state index contributed by atoms with van der Waals surface area (Å²) in [5.74, 6) is -0.395. The Hall–Kier alpha value is -4.09. The van der Waals surface area contributed by atoms with Gasteiger partial charge in [0.15, 0.2) is 0 Å². The summed E-state index contributed by atoms with van der Waals surface area (Å²) in [5, 5.41) is 0. The third-order valence-electron chi connectivity index (χ3n) is 8.23. The lowest BCUT2D eigenvalue weighted by molar-refractivity contribution is -0.163. The third kappa shape index (κ3) is 7.11. The summed E-state index contributed by atoms with van der Waals surface area (Å²) < 4.78 is 45.7. The number of rotatable bonds is 8. The molecule has 0 radical (unpaired) electrons. The Balaban J connectivity index is 1.35. The number of nitrogens with zero attached hydrogens (tertiary/aromatic N) is 4. The molecule has 3 aliphatic heterocycles. The first-order valence-electron chi connectivity index (χ1n) is 14.5. The third-order valence-corrected chi connectivity index (χ3v) is 8.23. The number of piperazine rings is 1. The van der Waals surface area contributed by atoms with Crippen molar-refractivity contribution in [2.24, 2.45) is 0 Å². The van der Waals surface area contributed by atoms with Gasteiger partial charge in [-0.25, -0.2) is 4.79 Å². The van der Waals surface area contributed by atoms with Gasteiger partial charge in [0.05, 0.1) is 12.1 Å². The Morgan fingerprint density at radius 3 is 2.40 bits per heavy atom. The first-order chi connectivity index (χ1) is 20.5. The second-order valence-electron chi connectivity index (χ2n) is 11.4. The fourth-order valence-corrected chi connectivity index (χ4v) is 6.17. The van der Waals surface area contributed by atoms with Crippen LogP contribution in [0.2, 0.25) is 0 Å². The van der Waals surface area contributed by atoms with Gasteiger partial charge in [0.2, 0.25) is 17.7 Å². The lowest BCUT2D eigenvalue weighted by Crippen LogP contribution is -2.70. The van der Waals surface area contributed by atoms with Crippen LogP contribution in [-0.2, 0) is 38.3 Å². The van der Waals surface area contributed by atoms with Crippen LogP contribution in [0.25, 0.3) is 0 Å². The zero-order valence-electron chi connectivity index (χ0n) is 24.0. The second kappa shape index (κ2) is 12.6. The number of hydrogen-bond donors (Lipinski definition) is 0. The number of alkyl halides is 3. The van der Waals surface area contributed by atoms with E-state index < -0.39 is 30.0 Å². The smallest absolute Gasteiger partial charge is 0.416 e. The molecule has 0 N–H and O–H groups in total. The summed E-state index contributed by atoms with van der Waals surface area (Å²) >= 11 is 0. The fourth-order valence-electron chi connectivity index (χ4n) is 6.17. The molecule has 43 heavy (non-hydrogen) atoms. The van der Waals surface area contributed by atoms with E-state index in [9.17, 15) is 32.3 Å². The molecule has 5 rings (SSSR count). The molecule has 2 aromatic rings. The summed E-state index contributed by atoms with van der Waals surface area (Å²) in [6.07, 6.45) is -3.85. The summed E-state index contributed by atoms with van der Waals surface area (Å²) in [5.41, 5.74) is 0.656. The number of halogens is 3. The van der Waals surface area contributed by atoms with E-state index in [4.69, 9.17) is 4.74 Å². The van der Waals surface area contributed by atoms with E-state index in [0.29, 0.717) is 44.5 Å². The molecule has 3 aliphatic rings. The van der Waals surface area contributed by atoms with Crippen molar-refractivity contribution in [3.05, 3.63) is 70.8 Å². The van der Waals surface area contributed by atoms with E-state index in [2.05, 4.69) is 0 Å². The maximum atomic E-state index is 13.7. The highest BCUT2D eigenvalue weighted by Crippen LogP contribution is 2.32. The number of carbonyl (C=O) groups is 4. The van der Waals surface area contributed by atoms with Crippen LogP contribution in [0.1, 0.15) is 47.9 Å². The van der Waals surface area contributed by atoms with Crippen LogP contribution in [0.4, 0.5) is 18.0 Å². The molecule has 0 aliphatic carbocycles. The number of aryl methyl sites for hydroxylation is 1. The first-order valence-corrected chi connectivity index (χ1v) is 14.5. The fraction of sp³-hybridized carbons (Fsp3) is 0.484. The SMILES string of the molecule is Cc1cc(COC(=O)N2C(Cc3ccccc3)CC(=O)N3CC(=O)N(CCCN4CCCC4=O)CC32)cc(C(F)(F)F)c1. The highest BCUT2D eigenvalue weighted by Gasteiger charge is 2.47.